The van der Waals surface area contributed by atoms with Crippen molar-refractivity contribution in [2.75, 3.05) is 33.0 Å². The lowest BCUT2D eigenvalue weighted by molar-refractivity contribution is -0.154. The lowest BCUT2D eigenvalue weighted by Crippen LogP contribution is -2.28. The molecular formula is C44H86NO7P. The number of carbonyl (C=O) groups is 1. The van der Waals surface area contributed by atoms with Crippen molar-refractivity contribution in [3.63, 3.8) is 0 Å². The molecule has 0 aromatic heterocycles. The molecule has 0 spiro atoms. The highest BCUT2D eigenvalue weighted by Gasteiger charge is 2.25. The molecule has 0 saturated carbocycles. The van der Waals surface area contributed by atoms with Crippen molar-refractivity contribution in [3.05, 3.63) is 24.3 Å². The van der Waals surface area contributed by atoms with Gasteiger partial charge in [-0.15, -0.1) is 0 Å². The van der Waals surface area contributed by atoms with E-state index in [4.69, 9.17) is 24.3 Å². The largest absolute Gasteiger partial charge is 0.472 e. The molecule has 2 atom stereocenters. The summed E-state index contributed by atoms with van der Waals surface area (Å²) < 4.78 is 33.5. The smallest absolute Gasteiger partial charge is 0.457 e. The predicted molar refractivity (Wildman–Crippen MR) is 224 cm³/mol. The molecule has 0 aliphatic heterocycles. The summed E-state index contributed by atoms with van der Waals surface area (Å²) in [5, 5.41) is 0. The zero-order valence-corrected chi connectivity index (χ0v) is 35.7. The first-order chi connectivity index (χ1) is 25.9. The van der Waals surface area contributed by atoms with E-state index >= 15 is 0 Å². The maximum Gasteiger partial charge on any atom is 0.472 e. The lowest BCUT2D eigenvalue weighted by Gasteiger charge is -2.20. The van der Waals surface area contributed by atoms with Gasteiger partial charge < -0.3 is 20.1 Å². The van der Waals surface area contributed by atoms with Gasteiger partial charge in [0.25, 0.3) is 0 Å². The molecule has 0 amide bonds. The number of phosphoric ester groups is 1. The number of allylic oxidation sites excluding steroid dienone is 4. The Labute approximate surface area is 327 Å². The molecule has 9 heteroatoms. The molecule has 0 fully saturated rings. The Hall–Kier alpha value is -1.02. The molecule has 0 saturated heterocycles. The van der Waals surface area contributed by atoms with Crippen LogP contribution in [0.3, 0.4) is 0 Å². The van der Waals surface area contributed by atoms with Crippen LogP contribution in [0.2, 0.25) is 0 Å². The summed E-state index contributed by atoms with van der Waals surface area (Å²) >= 11 is 0. The highest BCUT2D eigenvalue weighted by Crippen LogP contribution is 2.43. The number of hydrogen-bond donors (Lipinski definition) is 2. The normalized spacial score (nSPS) is 13.7. The van der Waals surface area contributed by atoms with Gasteiger partial charge in [-0.3, -0.25) is 13.8 Å². The van der Waals surface area contributed by atoms with Gasteiger partial charge in [-0.25, -0.2) is 4.57 Å². The first kappa shape index (κ1) is 52.0. The topological polar surface area (TPSA) is 117 Å². The Bertz CT molecular complexity index is 869. The van der Waals surface area contributed by atoms with Crippen LogP contribution in [0.4, 0.5) is 0 Å². The Morgan fingerprint density at radius 3 is 1.51 bits per heavy atom. The van der Waals surface area contributed by atoms with Crippen molar-refractivity contribution < 1.29 is 32.8 Å². The minimum Gasteiger partial charge on any atom is -0.457 e. The molecule has 0 radical (unpaired) electrons. The molecule has 53 heavy (non-hydrogen) atoms. The molecule has 0 aliphatic rings. The van der Waals surface area contributed by atoms with E-state index in [0.717, 1.165) is 38.5 Å². The molecule has 314 valence electrons. The number of unbranched alkanes of at least 4 members (excludes halogenated alkanes) is 26. The van der Waals surface area contributed by atoms with Crippen molar-refractivity contribution in [2.24, 2.45) is 5.73 Å². The third-order valence-corrected chi connectivity index (χ3v) is 10.6. The summed E-state index contributed by atoms with van der Waals surface area (Å²) in [4.78, 5) is 22.5. The molecule has 2 unspecified atom stereocenters. The van der Waals surface area contributed by atoms with Crippen LogP contribution >= 0.6 is 7.82 Å². The molecule has 3 N–H and O–H groups in total. The van der Waals surface area contributed by atoms with Gasteiger partial charge in [0, 0.05) is 19.6 Å². The number of nitrogens with two attached hydrogens (primary N) is 1. The van der Waals surface area contributed by atoms with E-state index in [0.29, 0.717) is 13.0 Å². The molecule has 0 rings (SSSR count). The molecule has 0 aliphatic carbocycles. The first-order valence-electron chi connectivity index (χ1n) is 22.3. The van der Waals surface area contributed by atoms with Gasteiger partial charge in [-0.1, -0.05) is 186 Å². The summed E-state index contributed by atoms with van der Waals surface area (Å²) in [6.45, 7) is 4.92. The predicted octanol–water partition coefficient (Wildman–Crippen LogP) is 13.3. The number of esters is 1. The van der Waals surface area contributed by atoms with Crippen molar-refractivity contribution in [1.82, 2.24) is 0 Å². The number of ether oxygens (including phenoxy) is 2. The number of phosphoric acid groups is 1. The van der Waals surface area contributed by atoms with Crippen molar-refractivity contribution >= 4 is 13.8 Å². The van der Waals surface area contributed by atoms with Crippen LogP contribution in [0.15, 0.2) is 24.3 Å². The standard InChI is InChI=1S/C44H86NO7P/c1-3-5-7-9-11-13-15-17-19-21-22-24-26-28-30-32-34-36-39-49-41-43(42-51-53(47,48)50-40-38-45)52-44(46)37-35-33-31-29-27-25-23-20-18-16-14-12-10-8-6-4-2/h11,13,17,19,43H,3-10,12,14-16,18,20-42,45H2,1-2H3,(H,47,48)/b13-11-,19-17-. The average Bonchev–Trinajstić information content (AvgIpc) is 3.15. The Morgan fingerprint density at radius 1 is 0.566 bits per heavy atom. The van der Waals surface area contributed by atoms with Crippen LogP contribution in [-0.4, -0.2) is 49.9 Å². The van der Waals surface area contributed by atoms with E-state index in [1.54, 1.807) is 0 Å². The van der Waals surface area contributed by atoms with Gasteiger partial charge in [0.2, 0.25) is 0 Å². The van der Waals surface area contributed by atoms with E-state index < -0.39 is 13.9 Å². The Kier molecular flexibility index (Phi) is 41.3. The van der Waals surface area contributed by atoms with Gasteiger partial charge in [-0.05, 0) is 44.9 Å². The first-order valence-corrected chi connectivity index (χ1v) is 23.8. The third-order valence-electron chi connectivity index (χ3n) is 9.62. The second-order valence-electron chi connectivity index (χ2n) is 14.9. The highest BCUT2D eigenvalue weighted by atomic mass is 31.2. The van der Waals surface area contributed by atoms with Crippen molar-refractivity contribution in [2.45, 2.75) is 219 Å². The molecule has 8 nitrogen and oxygen atoms in total. The van der Waals surface area contributed by atoms with Crippen LogP contribution in [0, 0.1) is 0 Å². The number of carbonyl (C=O) groups excluding carboxylic acids is 1. The fraction of sp³-hybridized carbons (Fsp3) is 0.886. The van der Waals surface area contributed by atoms with Crippen LogP contribution < -0.4 is 5.73 Å². The SMILES string of the molecule is CCCCC/C=C\C/C=C\CCCCCCCCCCOCC(COP(=O)(O)OCCN)OC(=O)CCCCCCCCCCCCCCCCCC. The third kappa shape index (κ3) is 42.0. The molecular weight excluding hydrogens is 685 g/mol. The van der Waals surface area contributed by atoms with Crippen LogP contribution in [-0.2, 0) is 27.9 Å². The summed E-state index contributed by atoms with van der Waals surface area (Å²) in [7, 11) is -4.27. The zero-order chi connectivity index (χ0) is 38.8. The quantitative estimate of drug-likeness (QED) is 0.0272. The van der Waals surface area contributed by atoms with Crippen LogP contribution in [0.1, 0.15) is 213 Å². The summed E-state index contributed by atoms with van der Waals surface area (Å²) in [5.74, 6) is -0.329. The lowest BCUT2D eigenvalue weighted by atomic mass is 10.0. The van der Waals surface area contributed by atoms with E-state index in [1.807, 2.05) is 0 Å². The fourth-order valence-electron chi connectivity index (χ4n) is 6.32. The monoisotopic (exact) mass is 772 g/mol. The summed E-state index contributed by atoms with van der Waals surface area (Å²) in [5.41, 5.74) is 5.37. The minimum atomic E-state index is -4.27. The Balaban J connectivity index is 4.00. The molecule has 0 heterocycles. The van der Waals surface area contributed by atoms with Gasteiger partial charge in [0.1, 0.15) is 6.10 Å². The van der Waals surface area contributed by atoms with Gasteiger partial charge >= 0.3 is 13.8 Å². The minimum absolute atomic E-state index is 0.0946. The van der Waals surface area contributed by atoms with Gasteiger partial charge in [0.15, 0.2) is 0 Å². The van der Waals surface area contributed by atoms with Gasteiger partial charge in [0.05, 0.1) is 19.8 Å². The van der Waals surface area contributed by atoms with Crippen LogP contribution in [0.25, 0.3) is 0 Å². The number of rotatable bonds is 43. The van der Waals surface area contributed by atoms with Crippen LogP contribution in [0.5, 0.6) is 0 Å². The molecule has 0 aromatic carbocycles. The maximum atomic E-state index is 12.6. The maximum absolute atomic E-state index is 12.6. The second kappa shape index (κ2) is 42.1. The second-order valence-corrected chi connectivity index (χ2v) is 16.4. The summed E-state index contributed by atoms with van der Waals surface area (Å²) in [6, 6.07) is 0. The Morgan fingerprint density at radius 2 is 1.00 bits per heavy atom. The van der Waals surface area contributed by atoms with Gasteiger partial charge in [-0.2, -0.15) is 0 Å². The summed E-state index contributed by atoms with van der Waals surface area (Å²) in [6.07, 6.45) is 46.2. The average molecular weight is 772 g/mol. The van der Waals surface area contributed by atoms with E-state index in [2.05, 4.69) is 38.2 Å². The van der Waals surface area contributed by atoms with E-state index in [1.165, 1.54) is 154 Å². The van der Waals surface area contributed by atoms with Crippen molar-refractivity contribution in [1.29, 1.82) is 0 Å². The fourth-order valence-corrected chi connectivity index (χ4v) is 7.09. The molecule has 0 bridgehead atoms. The molecule has 0 aromatic rings. The van der Waals surface area contributed by atoms with E-state index in [-0.39, 0.29) is 32.3 Å². The highest BCUT2D eigenvalue weighted by molar-refractivity contribution is 7.47. The van der Waals surface area contributed by atoms with Crippen molar-refractivity contribution in [3.8, 4) is 0 Å². The van der Waals surface area contributed by atoms with E-state index in [9.17, 15) is 14.3 Å². The number of hydrogen-bond acceptors (Lipinski definition) is 7. The zero-order valence-electron chi connectivity index (χ0n) is 34.8.